The van der Waals surface area contributed by atoms with Crippen LogP contribution in [0, 0.1) is 0 Å². The minimum Gasteiger partial charge on any atom is -0.486 e. The van der Waals surface area contributed by atoms with Crippen molar-refractivity contribution in [1.29, 1.82) is 0 Å². The molecule has 2 aromatic carbocycles. The molecule has 0 atom stereocenters. The molecule has 0 bridgehead atoms. The fourth-order valence-corrected chi connectivity index (χ4v) is 2.50. The number of hydrogen-bond acceptors (Lipinski definition) is 3. The zero-order valence-corrected chi connectivity index (χ0v) is 11.8. The lowest BCUT2D eigenvalue weighted by atomic mass is 10.1. The normalized spacial score (nSPS) is 13.2. The standard InChI is InChI=1S/C16H16ClNO2/c17-14-8-13(9-15-16(14)20-7-6-19-15)11-18-10-12-4-2-1-3-5-12/h1-5,8-9,18H,6-7,10-11H2. The molecule has 1 aliphatic rings. The first-order valence-corrected chi connectivity index (χ1v) is 7.03. The predicted octanol–water partition coefficient (Wildman–Crippen LogP) is 3.40. The van der Waals surface area contributed by atoms with Gasteiger partial charge in [0.1, 0.15) is 13.2 Å². The van der Waals surface area contributed by atoms with Crippen molar-refractivity contribution in [1.82, 2.24) is 5.32 Å². The fourth-order valence-electron chi connectivity index (χ4n) is 2.21. The number of ether oxygens (including phenoxy) is 2. The van der Waals surface area contributed by atoms with E-state index in [9.17, 15) is 0 Å². The fraction of sp³-hybridized carbons (Fsp3) is 0.250. The van der Waals surface area contributed by atoms with Crippen molar-refractivity contribution in [2.45, 2.75) is 13.1 Å². The third-order valence-corrected chi connectivity index (χ3v) is 3.44. The second-order valence-electron chi connectivity index (χ2n) is 4.69. The number of halogens is 1. The van der Waals surface area contributed by atoms with E-state index in [0.717, 1.165) is 24.4 Å². The summed E-state index contributed by atoms with van der Waals surface area (Å²) >= 11 is 6.21. The van der Waals surface area contributed by atoms with Gasteiger partial charge in [-0.05, 0) is 23.3 Å². The van der Waals surface area contributed by atoms with E-state index < -0.39 is 0 Å². The summed E-state index contributed by atoms with van der Waals surface area (Å²) in [4.78, 5) is 0. The summed E-state index contributed by atoms with van der Waals surface area (Å²) in [5.41, 5.74) is 2.35. The molecule has 0 fully saturated rings. The SMILES string of the molecule is Clc1cc(CNCc2ccccc2)cc2c1OCCO2. The van der Waals surface area contributed by atoms with Crippen molar-refractivity contribution in [3.63, 3.8) is 0 Å². The van der Waals surface area contributed by atoms with Gasteiger partial charge < -0.3 is 14.8 Å². The molecule has 3 rings (SSSR count). The Labute approximate surface area is 123 Å². The Morgan fingerprint density at radius 2 is 1.70 bits per heavy atom. The Bertz CT molecular complexity index is 587. The number of hydrogen-bond donors (Lipinski definition) is 1. The lowest BCUT2D eigenvalue weighted by molar-refractivity contribution is 0.171. The van der Waals surface area contributed by atoms with Crippen LogP contribution in [-0.4, -0.2) is 13.2 Å². The van der Waals surface area contributed by atoms with Crippen LogP contribution in [0.1, 0.15) is 11.1 Å². The molecule has 0 amide bonds. The number of nitrogens with one attached hydrogen (secondary N) is 1. The van der Waals surface area contributed by atoms with E-state index in [4.69, 9.17) is 21.1 Å². The van der Waals surface area contributed by atoms with Crippen LogP contribution in [0.2, 0.25) is 5.02 Å². The van der Waals surface area contributed by atoms with E-state index in [0.29, 0.717) is 24.0 Å². The highest BCUT2D eigenvalue weighted by atomic mass is 35.5. The molecule has 0 aliphatic carbocycles. The van der Waals surface area contributed by atoms with Gasteiger partial charge in [0.05, 0.1) is 5.02 Å². The molecule has 0 spiro atoms. The minimum atomic E-state index is 0.554. The van der Waals surface area contributed by atoms with Crippen LogP contribution in [0.25, 0.3) is 0 Å². The van der Waals surface area contributed by atoms with Crippen molar-refractivity contribution in [2.75, 3.05) is 13.2 Å². The summed E-state index contributed by atoms with van der Waals surface area (Å²) in [6, 6.07) is 14.2. The van der Waals surface area contributed by atoms with Gasteiger partial charge in [-0.2, -0.15) is 0 Å². The lowest BCUT2D eigenvalue weighted by Crippen LogP contribution is -2.17. The summed E-state index contributed by atoms with van der Waals surface area (Å²) in [6.45, 7) is 2.70. The number of fused-ring (bicyclic) bond motifs is 1. The third-order valence-electron chi connectivity index (χ3n) is 3.16. The maximum atomic E-state index is 6.21. The molecule has 3 nitrogen and oxygen atoms in total. The Morgan fingerprint density at radius 1 is 0.950 bits per heavy atom. The molecule has 0 unspecified atom stereocenters. The molecule has 0 aromatic heterocycles. The summed E-state index contributed by atoms with van der Waals surface area (Å²) < 4.78 is 11.1. The first-order valence-electron chi connectivity index (χ1n) is 6.65. The molecular weight excluding hydrogens is 274 g/mol. The minimum absolute atomic E-state index is 0.554. The zero-order valence-electron chi connectivity index (χ0n) is 11.1. The Hall–Kier alpha value is -1.71. The molecule has 1 aliphatic heterocycles. The first-order chi connectivity index (χ1) is 9.83. The van der Waals surface area contributed by atoms with Crippen LogP contribution in [0.4, 0.5) is 0 Å². The third kappa shape index (κ3) is 3.06. The Balaban J connectivity index is 1.64. The molecule has 0 saturated carbocycles. The molecule has 1 heterocycles. The van der Waals surface area contributed by atoms with Crippen LogP contribution in [0.3, 0.4) is 0 Å². The largest absolute Gasteiger partial charge is 0.486 e. The summed E-state index contributed by atoms with van der Waals surface area (Å²) in [5.74, 6) is 1.39. The number of rotatable bonds is 4. The van der Waals surface area contributed by atoms with E-state index in [2.05, 4.69) is 17.4 Å². The van der Waals surface area contributed by atoms with Gasteiger partial charge in [0.15, 0.2) is 11.5 Å². The highest BCUT2D eigenvalue weighted by Crippen LogP contribution is 2.38. The van der Waals surface area contributed by atoms with Gasteiger partial charge in [0.25, 0.3) is 0 Å². The van der Waals surface area contributed by atoms with E-state index in [-0.39, 0.29) is 0 Å². The van der Waals surface area contributed by atoms with Crippen molar-refractivity contribution in [3.05, 3.63) is 58.6 Å². The molecule has 20 heavy (non-hydrogen) atoms. The topological polar surface area (TPSA) is 30.5 Å². The van der Waals surface area contributed by atoms with Gasteiger partial charge in [-0.3, -0.25) is 0 Å². The monoisotopic (exact) mass is 289 g/mol. The average Bonchev–Trinajstić information content (AvgIpc) is 2.48. The van der Waals surface area contributed by atoms with Gasteiger partial charge in [0, 0.05) is 13.1 Å². The highest BCUT2D eigenvalue weighted by molar-refractivity contribution is 6.32. The van der Waals surface area contributed by atoms with E-state index >= 15 is 0 Å². The smallest absolute Gasteiger partial charge is 0.179 e. The van der Waals surface area contributed by atoms with E-state index in [1.54, 1.807) is 0 Å². The lowest BCUT2D eigenvalue weighted by Gasteiger charge is -2.20. The average molecular weight is 290 g/mol. The van der Waals surface area contributed by atoms with Crippen LogP contribution < -0.4 is 14.8 Å². The molecule has 0 saturated heterocycles. The van der Waals surface area contributed by atoms with Gasteiger partial charge in [-0.25, -0.2) is 0 Å². The molecule has 0 radical (unpaired) electrons. The summed E-state index contributed by atoms with van der Waals surface area (Å²) in [5, 5.41) is 4.01. The van der Waals surface area contributed by atoms with Crippen LogP contribution in [0.5, 0.6) is 11.5 Å². The van der Waals surface area contributed by atoms with E-state index in [1.165, 1.54) is 5.56 Å². The maximum Gasteiger partial charge on any atom is 0.179 e. The van der Waals surface area contributed by atoms with E-state index in [1.807, 2.05) is 30.3 Å². The molecule has 104 valence electrons. The maximum absolute atomic E-state index is 6.21. The quantitative estimate of drug-likeness (QED) is 0.936. The summed E-state index contributed by atoms with van der Waals surface area (Å²) in [6.07, 6.45) is 0. The van der Waals surface area contributed by atoms with Gasteiger partial charge >= 0.3 is 0 Å². The molecular formula is C16H16ClNO2. The van der Waals surface area contributed by atoms with Crippen molar-refractivity contribution < 1.29 is 9.47 Å². The second kappa shape index (κ2) is 6.16. The van der Waals surface area contributed by atoms with Gasteiger partial charge in [0.2, 0.25) is 0 Å². The highest BCUT2D eigenvalue weighted by Gasteiger charge is 2.16. The molecule has 1 N–H and O–H groups in total. The second-order valence-corrected chi connectivity index (χ2v) is 5.10. The van der Waals surface area contributed by atoms with Crippen LogP contribution in [-0.2, 0) is 13.1 Å². The predicted molar refractivity (Wildman–Crippen MR) is 79.4 cm³/mol. The van der Waals surface area contributed by atoms with Crippen LogP contribution >= 0.6 is 11.6 Å². The molecule has 4 heteroatoms. The Kier molecular flexibility index (Phi) is 4.09. The van der Waals surface area contributed by atoms with Gasteiger partial charge in [-0.1, -0.05) is 41.9 Å². The summed E-state index contributed by atoms with van der Waals surface area (Å²) in [7, 11) is 0. The van der Waals surface area contributed by atoms with Crippen molar-refractivity contribution in [2.24, 2.45) is 0 Å². The van der Waals surface area contributed by atoms with Crippen LogP contribution in [0.15, 0.2) is 42.5 Å². The first kappa shape index (κ1) is 13.3. The van der Waals surface area contributed by atoms with Gasteiger partial charge in [-0.15, -0.1) is 0 Å². The number of benzene rings is 2. The molecule has 2 aromatic rings. The van der Waals surface area contributed by atoms with Crippen molar-refractivity contribution in [3.8, 4) is 11.5 Å². The zero-order chi connectivity index (χ0) is 13.8. The Morgan fingerprint density at radius 3 is 2.55 bits per heavy atom. The van der Waals surface area contributed by atoms with Crippen molar-refractivity contribution >= 4 is 11.6 Å².